The number of anilines is 1. The van der Waals surface area contributed by atoms with Gasteiger partial charge in [-0.2, -0.15) is 0 Å². The summed E-state index contributed by atoms with van der Waals surface area (Å²) in [4.78, 5) is 18.9. The van der Waals surface area contributed by atoms with E-state index in [1.807, 2.05) is 40.6 Å². The monoisotopic (exact) mass is 303 g/mol. The van der Waals surface area contributed by atoms with Gasteiger partial charge in [-0.25, -0.2) is 4.98 Å². The van der Waals surface area contributed by atoms with Crippen LogP contribution in [0.25, 0.3) is 0 Å². The topological polar surface area (TPSA) is 59.2 Å². The van der Waals surface area contributed by atoms with Gasteiger partial charge in [-0.15, -0.1) is 11.3 Å². The molecule has 4 nitrogen and oxygen atoms in total. The Bertz CT molecular complexity index is 568. The van der Waals surface area contributed by atoms with Crippen LogP contribution in [0.3, 0.4) is 0 Å². The predicted molar refractivity (Wildman–Crippen MR) is 87.9 cm³/mol. The second kappa shape index (κ2) is 7.90. The van der Waals surface area contributed by atoms with E-state index >= 15 is 0 Å². The number of nitrogens with two attached hydrogens (primary N) is 1. The second-order valence-electron chi connectivity index (χ2n) is 4.81. The number of aromatic nitrogens is 1. The van der Waals surface area contributed by atoms with Gasteiger partial charge in [0.1, 0.15) is 5.69 Å². The number of unbranched alkanes of at least 4 members (excludes halogenated alkanes) is 1. The van der Waals surface area contributed by atoms with Crippen molar-refractivity contribution < 1.29 is 4.79 Å². The van der Waals surface area contributed by atoms with Crippen LogP contribution in [0.1, 0.15) is 35.3 Å². The minimum Gasteiger partial charge on any atom is -0.330 e. The molecule has 0 aliphatic rings. The van der Waals surface area contributed by atoms with Crippen molar-refractivity contribution in [1.29, 1.82) is 0 Å². The molecule has 0 aliphatic heterocycles. The summed E-state index contributed by atoms with van der Waals surface area (Å²) >= 11 is 1.50. The van der Waals surface area contributed by atoms with Gasteiger partial charge in [-0.1, -0.05) is 31.5 Å². The van der Waals surface area contributed by atoms with Crippen LogP contribution < -0.4 is 10.6 Å². The summed E-state index contributed by atoms with van der Waals surface area (Å²) in [5, 5.41) is 2.75. The average molecular weight is 303 g/mol. The molecule has 0 atom stereocenters. The van der Waals surface area contributed by atoms with Gasteiger partial charge < -0.3 is 10.6 Å². The highest BCUT2D eigenvalue weighted by Gasteiger charge is 2.19. The largest absolute Gasteiger partial charge is 0.330 e. The highest BCUT2D eigenvalue weighted by molar-refractivity contribution is 7.09. The quantitative estimate of drug-likeness (QED) is 0.855. The number of hydrogen-bond acceptors (Lipinski definition) is 4. The molecule has 1 aromatic heterocycles. The van der Waals surface area contributed by atoms with E-state index in [2.05, 4.69) is 11.9 Å². The van der Waals surface area contributed by atoms with Crippen molar-refractivity contribution in [1.82, 2.24) is 4.98 Å². The Kier molecular flexibility index (Phi) is 5.90. The van der Waals surface area contributed by atoms with E-state index < -0.39 is 0 Å². The van der Waals surface area contributed by atoms with E-state index in [0.29, 0.717) is 18.8 Å². The van der Waals surface area contributed by atoms with Crippen molar-refractivity contribution in [2.45, 2.75) is 26.2 Å². The van der Waals surface area contributed by atoms with Gasteiger partial charge in [0, 0.05) is 24.0 Å². The highest BCUT2D eigenvalue weighted by atomic mass is 32.1. The Morgan fingerprint density at radius 3 is 2.76 bits per heavy atom. The van der Waals surface area contributed by atoms with Gasteiger partial charge in [0.15, 0.2) is 0 Å². The van der Waals surface area contributed by atoms with Crippen molar-refractivity contribution in [2.75, 3.05) is 18.0 Å². The molecule has 1 aromatic carbocycles. The van der Waals surface area contributed by atoms with E-state index in [0.717, 1.165) is 30.0 Å². The van der Waals surface area contributed by atoms with Crippen LogP contribution in [-0.4, -0.2) is 24.0 Å². The molecule has 0 saturated heterocycles. The fourth-order valence-electron chi connectivity index (χ4n) is 2.06. The SMILES string of the molecule is CCCCN(C(=O)c1csc(CCN)n1)c1ccccc1. The Morgan fingerprint density at radius 1 is 1.33 bits per heavy atom. The third-order valence-corrected chi connectivity index (χ3v) is 4.09. The molecule has 5 heteroatoms. The highest BCUT2D eigenvalue weighted by Crippen LogP contribution is 2.19. The van der Waals surface area contributed by atoms with Gasteiger partial charge in [0.05, 0.1) is 5.01 Å². The lowest BCUT2D eigenvalue weighted by Gasteiger charge is -2.21. The van der Waals surface area contributed by atoms with Crippen molar-refractivity contribution in [2.24, 2.45) is 5.73 Å². The summed E-state index contributed by atoms with van der Waals surface area (Å²) in [6.45, 7) is 3.39. The molecule has 1 heterocycles. The average Bonchev–Trinajstić information content (AvgIpc) is 2.97. The first kappa shape index (κ1) is 15.7. The molecule has 0 radical (unpaired) electrons. The van der Waals surface area contributed by atoms with Crippen LogP contribution in [0.5, 0.6) is 0 Å². The molecular weight excluding hydrogens is 282 g/mol. The number of rotatable bonds is 7. The molecular formula is C16H21N3OS. The van der Waals surface area contributed by atoms with Gasteiger partial charge in [0.25, 0.3) is 5.91 Å². The van der Waals surface area contributed by atoms with E-state index in [1.54, 1.807) is 0 Å². The van der Waals surface area contributed by atoms with Crippen molar-refractivity contribution in [3.8, 4) is 0 Å². The third-order valence-electron chi connectivity index (χ3n) is 3.18. The summed E-state index contributed by atoms with van der Waals surface area (Å²) in [6.07, 6.45) is 2.74. The molecule has 2 aromatic rings. The summed E-state index contributed by atoms with van der Waals surface area (Å²) in [7, 11) is 0. The molecule has 21 heavy (non-hydrogen) atoms. The molecule has 112 valence electrons. The standard InChI is InChI=1S/C16H21N3OS/c1-2-3-11-19(13-7-5-4-6-8-13)16(20)14-12-21-15(18-14)9-10-17/h4-8,12H,2-3,9-11,17H2,1H3. The molecule has 0 fully saturated rings. The molecule has 0 spiro atoms. The van der Waals surface area contributed by atoms with Gasteiger partial charge in [0.2, 0.25) is 0 Å². The molecule has 0 bridgehead atoms. The van der Waals surface area contributed by atoms with E-state index in [1.165, 1.54) is 11.3 Å². The van der Waals surface area contributed by atoms with Crippen LogP contribution in [0.4, 0.5) is 5.69 Å². The number of thiazole rings is 1. The lowest BCUT2D eigenvalue weighted by molar-refractivity contribution is 0.0982. The number of para-hydroxylation sites is 1. The fourth-order valence-corrected chi connectivity index (χ4v) is 2.85. The van der Waals surface area contributed by atoms with Crippen molar-refractivity contribution in [3.05, 3.63) is 46.4 Å². The van der Waals surface area contributed by atoms with Crippen LogP contribution in [0, 0.1) is 0 Å². The van der Waals surface area contributed by atoms with Crippen LogP contribution in [-0.2, 0) is 6.42 Å². The summed E-state index contributed by atoms with van der Waals surface area (Å²) in [5.41, 5.74) is 6.97. The number of nitrogens with zero attached hydrogens (tertiary/aromatic N) is 2. The summed E-state index contributed by atoms with van der Waals surface area (Å²) < 4.78 is 0. The minimum absolute atomic E-state index is 0.0332. The smallest absolute Gasteiger partial charge is 0.277 e. The zero-order valence-electron chi connectivity index (χ0n) is 12.3. The number of amides is 1. The zero-order valence-corrected chi connectivity index (χ0v) is 13.1. The summed E-state index contributed by atoms with van der Waals surface area (Å²) in [5.74, 6) is -0.0332. The first-order valence-electron chi connectivity index (χ1n) is 7.27. The normalized spacial score (nSPS) is 10.6. The predicted octanol–water partition coefficient (Wildman–Crippen LogP) is 3.09. The maximum Gasteiger partial charge on any atom is 0.277 e. The Hall–Kier alpha value is -1.72. The van der Waals surface area contributed by atoms with Crippen LogP contribution in [0.2, 0.25) is 0 Å². The number of carbonyl (C=O) groups excluding carboxylic acids is 1. The third kappa shape index (κ3) is 4.12. The van der Waals surface area contributed by atoms with E-state index in [9.17, 15) is 4.79 Å². The first-order valence-corrected chi connectivity index (χ1v) is 8.15. The van der Waals surface area contributed by atoms with E-state index in [-0.39, 0.29) is 5.91 Å². The Morgan fingerprint density at radius 2 is 2.10 bits per heavy atom. The van der Waals surface area contributed by atoms with Gasteiger partial charge in [-0.3, -0.25) is 4.79 Å². The molecule has 2 N–H and O–H groups in total. The van der Waals surface area contributed by atoms with Gasteiger partial charge in [-0.05, 0) is 25.1 Å². The molecule has 1 amide bonds. The Labute approximate surface area is 129 Å². The van der Waals surface area contributed by atoms with Crippen molar-refractivity contribution >= 4 is 22.9 Å². The minimum atomic E-state index is -0.0332. The fraction of sp³-hybridized carbons (Fsp3) is 0.375. The molecule has 2 rings (SSSR count). The first-order chi connectivity index (χ1) is 10.3. The maximum absolute atomic E-state index is 12.7. The van der Waals surface area contributed by atoms with Gasteiger partial charge >= 0.3 is 0 Å². The lowest BCUT2D eigenvalue weighted by atomic mass is 10.2. The lowest BCUT2D eigenvalue weighted by Crippen LogP contribution is -2.32. The second-order valence-corrected chi connectivity index (χ2v) is 5.75. The molecule has 0 unspecified atom stereocenters. The van der Waals surface area contributed by atoms with Crippen molar-refractivity contribution in [3.63, 3.8) is 0 Å². The maximum atomic E-state index is 12.7. The number of carbonyl (C=O) groups is 1. The van der Waals surface area contributed by atoms with Crippen LogP contribution >= 0.6 is 11.3 Å². The zero-order chi connectivity index (χ0) is 15.1. The Balaban J connectivity index is 2.20. The van der Waals surface area contributed by atoms with E-state index in [4.69, 9.17) is 5.73 Å². The number of hydrogen-bond donors (Lipinski definition) is 1. The molecule has 0 saturated carbocycles. The summed E-state index contributed by atoms with van der Waals surface area (Å²) in [6, 6.07) is 9.76. The van der Waals surface area contributed by atoms with Crippen LogP contribution in [0.15, 0.2) is 35.7 Å². The number of benzene rings is 1. The molecule has 0 aliphatic carbocycles.